The van der Waals surface area contributed by atoms with Crippen molar-refractivity contribution in [1.29, 1.82) is 0 Å². The first kappa shape index (κ1) is 19.9. The van der Waals surface area contributed by atoms with E-state index in [1.54, 1.807) is 6.07 Å². The first-order chi connectivity index (χ1) is 13.0. The Bertz CT molecular complexity index is 774. The summed E-state index contributed by atoms with van der Waals surface area (Å²) in [7, 11) is -0.833. The average molecular weight is 397 g/mol. The number of nitrogens with one attached hydrogen (secondary N) is 1. The number of sulfonamides is 1. The van der Waals surface area contributed by atoms with E-state index in [1.807, 2.05) is 0 Å². The maximum absolute atomic E-state index is 13.2. The van der Waals surface area contributed by atoms with E-state index in [0.717, 1.165) is 25.7 Å². The molecule has 0 radical (unpaired) electrons. The summed E-state index contributed by atoms with van der Waals surface area (Å²) in [6.07, 6.45) is 6.60. The molecule has 0 aromatic heterocycles. The summed E-state index contributed by atoms with van der Waals surface area (Å²) < 4.78 is 38.0. The third-order valence-corrected chi connectivity index (χ3v) is 7.32. The number of carbonyl (C=O) groups is 1. The molecule has 1 unspecified atom stereocenters. The predicted octanol–water partition coefficient (Wildman–Crippen LogP) is 2.31. The van der Waals surface area contributed by atoms with Crippen LogP contribution in [0.4, 0.5) is 0 Å². The number of benzene rings is 1. The van der Waals surface area contributed by atoms with Crippen molar-refractivity contribution in [2.45, 2.75) is 61.9 Å². The normalized spacial score (nSPS) is 21.8. The molecular formula is C19H28N2O5S. The highest BCUT2D eigenvalue weighted by Gasteiger charge is 2.40. The molecule has 1 aliphatic heterocycles. The van der Waals surface area contributed by atoms with Crippen LogP contribution in [0.25, 0.3) is 0 Å². The van der Waals surface area contributed by atoms with E-state index >= 15 is 0 Å². The maximum atomic E-state index is 13.2. The summed E-state index contributed by atoms with van der Waals surface area (Å²) in [5, 5.41) is 3.07. The van der Waals surface area contributed by atoms with Crippen LogP contribution in [0.1, 0.15) is 44.9 Å². The smallest absolute Gasteiger partial charge is 0.243 e. The van der Waals surface area contributed by atoms with Crippen molar-refractivity contribution in [1.82, 2.24) is 9.62 Å². The summed E-state index contributed by atoms with van der Waals surface area (Å²) in [6.45, 7) is 0.347. The van der Waals surface area contributed by atoms with E-state index < -0.39 is 16.1 Å². The Kier molecular flexibility index (Phi) is 6.26. The minimum absolute atomic E-state index is 0.109. The monoisotopic (exact) mass is 396 g/mol. The largest absolute Gasteiger partial charge is 0.493 e. The van der Waals surface area contributed by atoms with Gasteiger partial charge in [-0.1, -0.05) is 19.3 Å². The van der Waals surface area contributed by atoms with Gasteiger partial charge < -0.3 is 14.8 Å². The Morgan fingerprint density at radius 3 is 2.41 bits per heavy atom. The fourth-order valence-electron chi connectivity index (χ4n) is 3.95. The van der Waals surface area contributed by atoms with Crippen molar-refractivity contribution in [3.8, 4) is 11.5 Å². The Morgan fingerprint density at radius 1 is 1.04 bits per heavy atom. The fraction of sp³-hybridized carbons (Fsp3) is 0.632. The average Bonchev–Trinajstić information content (AvgIpc) is 3.19. The molecular weight excluding hydrogens is 368 g/mol. The summed E-state index contributed by atoms with van der Waals surface area (Å²) in [5.41, 5.74) is 0. The second-order valence-electron chi connectivity index (χ2n) is 7.13. The van der Waals surface area contributed by atoms with E-state index in [-0.39, 0.29) is 16.8 Å². The second kappa shape index (κ2) is 8.48. The molecule has 1 N–H and O–H groups in total. The van der Waals surface area contributed by atoms with Crippen molar-refractivity contribution in [2.75, 3.05) is 20.8 Å². The van der Waals surface area contributed by atoms with Crippen LogP contribution in [0, 0.1) is 0 Å². The minimum Gasteiger partial charge on any atom is -0.493 e. The molecule has 1 aliphatic carbocycles. The fourth-order valence-corrected chi connectivity index (χ4v) is 5.62. The number of carbonyl (C=O) groups excluding carboxylic acids is 1. The quantitative estimate of drug-likeness (QED) is 0.798. The Morgan fingerprint density at radius 2 is 1.74 bits per heavy atom. The summed E-state index contributed by atoms with van der Waals surface area (Å²) in [4.78, 5) is 12.9. The predicted molar refractivity (Wildman–Crippen MR) is 101 cm³/mol. The van der Waals surface area contributed by atoms with Crippen molar-refractivity contribution >= 4 is 15.9 Å². The van der Waals surface area contributed by atoms with E-state index in [9.17, 15) is 13.2 Å². The number of rotatable bonds is 6. The molecule has 0 bridgehead atoms. The number of amides is 1. The standard InChI is InChI=1S/C19H28N2O5S/c1-25-17-11-10-15(13-18(17)26-2)27(23,24)21-12-6-9-16(21)19(22)20-14-7-4-3-5-8-14/h10-11,13-14,16H,3-9,12H2,1-2H3,(H,20,22). The van der Waals surface area contributed by atoms with E-state index in [2.05, 4.69) is 5.32 Å². The Balaban J connectivity index is 1.79. The topological polar surface area (TPSA) is 84.9 Å². The van der Waals surface area contributed by atoms with Gasteiger partial charge in [0.15, 0.2) is 11.5 Å². The number of ether oxygens (including phenoxy) is 2. The van der Waals surface area contributed by atoms with E-state index in [4.69, 9.17) is 9.47 Å². The van der Waals surface area contributed by atoms with Gasteiger partial charge >= 0.3 is 0 Å². The van der Waals surface area contributed by atoms with Gasteiger partial charge in [-0.25, -0.2) is 8.42 Å². The molecule has 150 valence electrons. The SMILES string of the molecule is COc1ccc(S(=O)(=O)N2CCCC2C(=O)NC2CCCCC2)cc1OC. The minimum atomic E-state index is -3.79. The van der Waals surface area contributed by atoms with Crippen LogP contribution in [0.15, 0.2) is 23.1 Å². The lowest BCUT2D eigenvalue weighted by molar-refractivity contribution is -0.125. The van der Waals surface area contributed by atoms with Crippen molar-refractivity contribution < 1.29 is 22.7 Å². The van der Waals surface area contributed by atoms with Crippen LogP contribution in [0.3, 0.4) is 0 Å². The van der Waals surface area contributed by atoms with Crippen molar-refractivity contribution in [3.63, 3.8) is 0 Å². The molecule has 1 amide bonds. The van der Waals surface area contributed by atoms with Crippen LogP contribution in [0.5, 0.6) is 11.5 Å². The van der Waals surface area contributed by atoms with E-state index in [0.29, 0.717) is 30.9 Å². The Labute approximate surface area is 161 Å². The number of nitrogens with zero attached hydrogens (tertiary/aromatic N) is 1. The van der Waals surface area contributed by atoms with Crippen LogP contribution >= 0.6 is 0 Å². The molecule has 1 heterocycles. The van der Waals surface area contributed by atoms with Gasteiger partial charge in [-0.2, -0.15) is 4.31 Å². The zero-order valence-corrected chi connectivity index (χ0v) is 16.8. The summed E-state index contributed by atoms with van der Waals surface area (Å²) in [6, 6.07) is 4.02. The van der Waals surface area contributed by atoms with Crippen molar-refractivity contribution in [2.24, 2.45) is 0 Å². The van der Waals surface area contributed by atoms with Crippen LogP contribution < -0.4 is 14.8 Å². The lowest BCUT2D eigenvalue weighted by Crippen LogP contribution is -2.49. The highest BCUT2D eigenvalue weighted by molar-refractivity contribution is 7.89. The highest BCUT2D eigenvalue weighted by Crippen LogP contribution is 2.33. The lowest BCUT2D eigenvalue weighted by atomic mass is 9.95. The molecule has 1 saturated carbocycles. The molecule has 7 nitrogen and oxygen atoms in total. The summed E-state index contributed by atoms with van der Waals surface area (Å²) in [5.74, 6) is 0.633. The zero-order valence-electron chi connectivity index (χ0n) is 15.9. The molecule has 27 heavy (non-hydrogen) atoms. The van der Waals surface area contributed by atoms with Crippen molar-refractivity contribution in [3.05, 3.63) is 18.2 Å². The number of hydrogen-bond acceptors (Lipinski definition) is 5. The highest BCUT2D eigenvalue weighted by atomic mass is 32.2. The van der Waals surface area contributed by atoms with Gasteiger partial charge in [0.25, 0.3) is 0 Å². The Hall–Kier alpha value is -1.80. The van der Waals surface area contributed by atoms with Gasteiger partial charge in [0, 0.05) is 18.7 Å². The first-order valence-electron chi connectivity index (χ1n) is 9.51. The number of methoxy groups -OCH3 is 2. The van der Waals surface area contributed by atoms with Gasteiger partial charge in [-0.05, 0) is 37.8 Å². The third-order valence-electron chi connectivity index (χ3n) is 5.42. The summed E-state index contributed by atoms with van der Waals surface area (Å²) >= 11 is 0. The van der Waals surface area contributed by atoms with Gasteiger partial charge in [0.2, 0.25) is 15.9 Å². The molecule has 3 rings (SSSR count). The third kappa shape index (κ3) is 4.21. The van der Waals surface area contributed by atoms with Gasteiger partial charge in [0.1, 0.15) is 6.04 Å². The molecule has 2 aliphatic rings. The maximum Gasteiger partial charge on any atom is 0.243 e. The van der Waals surface area contributed by atoms with Gasteiger partial charge in [-0.3, -0.25) is 4.79 Å². The van der Waals surface area contributed by atoms with Crippen LogP contribution in [-0.4, -0.2) is 51.5 Å². The second-order valence-corrected chi connectivity index (χ2v) is 9.02. The van der Waals surface area contributed by atoms with E-state index in [1.165, 1.54) is 37.1 Å². The zero-order chi connectivity index (χ0) is 19.4. The number of hydrogen-bond donors (Lipinski definition) is 1. The first-order valence-corrected chi connectivity index (χ1v) is 11.0. The lowest BCUT2D eigenvalue weighted by Gasteiger charge is -2.28. The molecule has 2 fully saturated rings. The molecule has 1 aromatic rings. The van der Waals surface area contributed by atoms with Crippen LogP contribution in [0.2, 0.25) is 0 Å². The molecule has 8 heteroatoms. The van der Waals surface area contributed by atoms with Gasteiger partial charge in [-0.15, -0.1) is 0 Å². The molecule has 1 aromatic carbocycles. The molecule has 1 saturated heterocycles. The molecule has 0 spiro atoms. The van der Waals surface area contributed by atoms with Gasteiger partial charge in [0.05, 0.1) is 19.1 Å². The molecule has 1 atom stereocenters. The van der Waals surface area contributed by atoms with Crippen LogP contribution in [-0.2, 0) is 14.8 Å².